The normalized spacial score (nSPS) is 17.6. The predicted octanol–water partition coefficient (Wildman–Crippen LogP) is 2.66. The Labute approximate surface area is 78.8 Å². The molecular weight excluding hydrogens is 191 g/mol. The molecule has 1 aromatic rings. The van der Waals surface area contributed by atoms with Crippen molar-refractivity contribution in [1.29, 1.82) is 5.26 Å². The third kappa shape index (κ3) is 1.17. The summed E-state index contributed by atoms with van der Waals surface area (Å²) >= 11 is 0. The van der Waals surface area contributed by atoms with Crippen molar-refractivity contribution < 1.29 is 13.2 Å². The molecule has 0 saturated heterocycles. The topological polar surface area (TPSA) is 23.8 Å². The molecule has 4 heteroatoms. The highest BCUT2D eigenvalue weighted by molar-refractivity contribution is 5.40. The van der Waals surface area contributed by atoms with Crippen molar-refractivity contribution in [3.05, 3.63) is 35.1 Å². The van der Waals surface area contributed by atoms with Crippen LogP contribution in [-0.2, 0) is 5.41 Å². The van der Waals surface area contributed by atoms with E-state index in [1.54, 1.807) is 0 Å². The van der Waals surface area contributed by atoms with Gasteiger partial charge in [0.15, 0.2) is 11.6 Å². The highest BCUT2D eigenvalue weighted by Crippen LogP contribution is 2.48. The van der Waals surface area contributed by atoms with Gasteiger partial charge in [-0.3, -0.25) is 0 Å². The molecule has 0 unspecified atom stereocenters. The molecule has 0 atom stereocenters. The van der Waals surface area contributed by atoms with Crippen LogP contribution >= 0.6 is 0 Å². The molecule has 0 N–H and O–H groups in total. The first-order valence-corrected chi connectivity index (χ1v) is 4.15. The largest absolute Gasteiger partial charge is 0.207 e. The first kappa shape index (κ1) is 9.07. The van der Waals surface area contributed by atoms with Crippen molar-refractivity contribution in [3.8, 4) is 6.07 Å². The number of nitriles is 1. The van der Waals surface area contributed by atoms with Crippen molar-refractivity contribution in [2.24, 2.45) is 0 Å². The molecule has 0 heterocycles. The fraction of sp³-hybridized carbons (Fsp3) is 0.300. The number of hydrogen-bond acceptors (Lipinski definition) is 1. The molecule has 0 bridgehead atoms. The number of nitrogens with zero attached hydrogens (tertiary/aromatic N) is 1. The number of halogens is 3. The summed E-state index contributed by atoms with van der Waals surface area (Å²) in [5, 5.41) is 8.75. The highest BCUT2D eigenvalue weighted by Gasteiger charge is 2.47. The summed E-state index contributed by atoms with van der Waals surface area (Å²) in [7, 11) is 0. The molecule has 72 valence electrons. The summed E-state index contributed by atoms with van der Waals surface area (Å²) in [6.07, 6.45) is 0.923. The van der Waals surface area contributed by atoms with E-state index in [1.165, 1.54) is 0 Å². The Morgan fingerprint density at radius 2 is 1.86 bits per heavy atom. The van der Waals surface area contributed by atoms with E-state index >= 15 is 0 Å². The lowest BCUT2D eigenvalue weighted by Gasteiger charge is -2.07. The molecule has 1 aliphatic carbocycles. The van der Waals surface area contributed by atoms with Gasteiger partial charge in [0.25, 0.3) is 0 Å². The molecule has 2 rings (SSSR count). The summed E-state index contributed by atoms with van der Waals surface area (Å²) in [6.45, 7) is 0. The van der Waals surface area contributed by atoms with E-state index in [9.17, 15) is 13.2 Å². The van der Waals surface area contributed by atoms with E-state index in [4.69, 9.17) is 5.26 Å². The molecule has 0 aliphatic heterocycles. The number of benzene rings is 1. The first-order chi connectivity index (χ1) is 6.59. The minimum absolute atomic E-state index is 0.155. The first-order valence-electron chi connectivity index (χ1n) is 4.15. The average Bonchev–Trinajstić information content (AvgIpc) is 2.92. The number of rotatable bonds is 1. The van der Waals surface area contributed by atoms with Crippen LogP contribution in [0.4, 0.5) is 13.2 Å². The predicted molar refractivity (Wildman–Crippen MR) is 42.8 cm³/mol. The average molecular weight is 197 g/mol. The van der Waals surface area contributed by atoms with Gasteiger partial charge in [-0.1, -0.05) is 0 Å². The lowest BCUT2D eigenvalue weighted by atomic mass is 9.97. The molecule has 1 fully saturated rings. The lowest BCUT2D eigenvalue weighted by molar-refractivity contribution is 0.480. The monoisotopic (exact) mass is 197 g/mol. The van der Waals surface area contributed by atoms with Gasteiger partial charge in [-0.2, -0.15) is 5.26 Å². The standard InChI is InChI=1S/C10H6F3N/c11-6-3-7(9(13)8(12)4-6)10(5-14)1-2-10/h3-4H,1-2H2. The molecule has 1 saturated carbocycles. The van der Waals surface area contributed by atoms with E-state index in [2.05, 4.69) is 0 Å². The van der Waals surface area contributed by atoms with E-state index in [0.29, 0.717) is 18.9 Å². The Morgan fingerprint density at radius 1 is 1.21 bits per heavy atom. The van der Waals surface area contributed by atoms with Crippen LogP contribution in [-0.4, -0.2) is 0 Å². The Morgan fingerprint density at radius 3 is 2.36 bits per heavy atom. The van der Waals surface area contributed by atoms with Crippen LogP contribution in [0.5, 0.6) is 0 Å². The summed E-state index contributed by atoms with van der Waals surface area (Å²) in [5.41, 5.74) is -1.15. The maximum Gasteiger partial charge on any atom is 0.163 e. The quantitative estimate of drug-likeness (QED) is 0.635. The summed E-state index contributed by atoms with van der Waals surface area (Å²) < 4.78 is 38.8. The Bertz CT molecular complexity index is 430. The third-order valence-corrected chi connectivity index (χ3v) is 2.47. The zero-order chi connectivity index (χ0) is 10.3. The minimum Gasteiger partial charge on any atom is -0.207 e. The van der Waals surface area contributed by atoms with E-state index in [1.807, 2.05) is 6.07 Å². The summed E-state index contributed by atoms with van der Waals surface area (Å²) in [6, 6.07) is 3.27. The van der Waals surface area contributed by atoms with Gasteiger partial charge >= 0.3 is 0 Å². The van der Waals surface area contributed by atoms with E-state index in [0.717, 1.165) is 6.07 Å². The van der Waals surface area contributed by atoms with Crippen LogP contribution in [0.15, 0.2) is 12.1 Å². The van der Waals surface area contributed by atoms with Crippen molar-refractivity contribution in [2.45, 2.75) is 18.3 Å². The molecule has 14 heavy (non-hydrogen) atoms. The van der Waals surface area contributed by atoms with Gasteiger partial charge in [-0.15, -0.1) is 0 Å². The zero-order valence-electron chi connectivity index (χ0n) is 7.15. The maximum absolute atomic E-state index is 13.2. The van der Waals surface area contributed by atoms with Crippen molar-refractivity contribution in [1.82, 2.24) is 0 Å². The zero-order valence-corrected chi connectivity index (χ0v) is 7.15. The van der Waals surface area contributed by atoms with Crippen LogP contribution in [0.2, 0.25) is 0 Å². The Kier molecular flexibility index (Phi) is 1.78. The Hall–Kier alpha value is -1.50. The summed E-state index contributed by atoms with van der Waals surface area (Å²) in [5.74, 6) is -3.19. The van der Waals surface area contributed by atoms with Gasteiger partial charge in [0, 0.05) is 11.6 Å². The van der Waals surface area contributed by atoms with Gasteiger partial charge in [0.1, 0.15) is 5.82 Å². The molecule has 0 aromatic heterocycles. The number of hydrogen-bond donors (Lipinski definition) is 0. The maximum atomic E-state index is 13.2. The molecule has 0 radical (unpaired) electrons. The molecule has 0 spiro atoms. The highest BCUT2D eigenvalue weighted by atomic mass is 19.2. The van der Waals surface area contributed by atoms with Crippen molar-refractivity contribution in [2.75, 3.05) is 0 Å². The van der Waals surface area contributed by atoms with Crippen LogP contribution in [0, 0.1) is 28.8 Å². The molecular formula is C10H6F3N. The van der Waals surface area contributed by atoms with Gasteiger partial charge in [-0.05, 0) is 18.9 Å². The van der Waals surface area contributed by atoms with Crippen LogP contribution < -0.4 is 0 Å². The van der Waals surface area contributed by atoms with Crippen LogP contribution in [0.3, 0.4) is 0 Å². The second-order valence-corrected chi connectivity index (χ2v) is 3.44. The van der Waals surface area contributed by atoms with Gasteiger partial charge in [0.2, 0.25) is 0 Å². The van der Waals surface area contributed by atoms with E-state index < -0.39 is 22.9 Å². The smallest absolute Gasteiger partial charge is 0.163 e. The Balaban J connectivity index is 2.59. The van der Waals surface area contributed by atoms with Gasteiger partial charge < -0.3 is 0 Å². The van der Waals surface area contributed by atoms with Crippen LogP contribution in [0.1, 0.15) is 18.4 Å². The lowest BCUT2D eigenvalue weighted by Crippen LogP contribution is -2.08. The molecule has 0 amide bonds. The van der Waals surface area contributed by atoms with Crippen molar-refractivity contribution >= 4 is 0 Å². The fourth-order valence-corrected chi connectivity index (χ4v) is 1.47. The molecule has 1 aliphatic rings. The van der Waals surface area contributed by atoms with Gasteiger partial charge in [-0.25, -0.2) is 13.2 Å². The molecule has 1 nitrogen and oxygen atoms in total. The second kappa shape index (κ2) is 2.74. The van der Waals surface area contributed by atoms with Crippen molar-refractivity contribution in [3.63, 3.8) is 0 Å². The second-order valence-electron chi connectivity index (χ2n) is 3.44. The minimum atomic E-state index is -1.23. The van der Waals surface area contributed by atoms with E-state index in [-0.39, 0.29) is 5.56 Å². The SMILES string of the molecule is N#CC1(c2cc(F)cc(F)c2F)CC1. The third-order valence-electron chi connectivity index (χ3n) is 2.47. The fourth-order valence-electron chi connectivity index (χ4n) is 1.47. The van der Waals surface area contributed by atoms with Gasteiger partial charge in [0.05, 0.1) is 11.5 Å². The molecule has 1 aromatic carbocycles. The summed E-state index contributed by atoms with van der Waals surface area (Å²) in [4.78, 5) is 0. The van der Waals surface area contributed by atoms with Crippen LogP contribution in [0.25, 0.3) is 0 Å².